The fraction of sp³-hybridized carbons (Fsp3) is 0.273. The van der Waals surface area contributed by atoms with Gasteiger partial charge in [-0.25, -0.2) is 0 Å². The summed E-state index contributed by atoms with van der Waals surface area (Å²) >= 11 is 0. The van der Waals surface area contributed by atoms with Crippen molar-refractivity contribution in [2.24, 2.45) is 0 Å². The molecule has 0 saturated carbocycles. The average Bonchev–Trinajstić information content (AvgIpc) is 3.20. The normalized spacial score (nSPS) is 12.3. The van der Waals surface area contributed by atoms with Crippen LogP contribution in [-0.4, -0.2) is 34.2 Å². The molecule has 0 amide bonds. The van der Waals surface area contributed by atoms with Gasteiger partial charge in [0.15, 0.2) is 0 Å². The van der Waals surface area contributed by atoms with Crippen molar-refractivity contribution in [2.75, 3.05) is 14.2 Å². The first-order valence-electron chi connectivity index (χ1n) is 17.8. The molecule has 0 aliphatic rings. The van der Waals surface area contributed by atoms with Gasteiger partial charge in [0.05, 0.1) is 61.8 Å². The van der Waals surface area contributed by atoms with Gasteiger partial charge in [0, 0.05) is 11.1 Å². The van der Waals surface area contributed by atoms with E-state index in [0.717, 1.165) is 83.7 Å². The van der Waals surface area contributed by atoms with Crippen molar-refractivity contribution in [3.05, 3.63) is 155 Å². The first-order chi connectivity index (χ1) is 25.1. The summed E-state index contributed by atoms with van der Waals surface area (Å²) in [5, 5.41) is 0. The van der Waals surface area contributed by atoms with E-state index in [1.54, 1.807) is 14.2 Å². The van der Waals surface area contributed by atoms with Crippen LogP contribution in [0.1, 0.15) is 85.4 Å². The molecule has 0 radical (unpaired) electrons. The van der Waals surface area contributed by atoms with Crippen LogP contribution in [0.3, 0.4) is 0 Å². The molecule has 0 aliphatic carbocycles. The Kier molecular flexibility index (Phi) is 12.2. The van der Waals surface area contributed by atoms with E-state index in [9.17, 15) is 0 Å². The number of ether oxygens (including phenoxy) is 3. The van der Waals surface area contributed by atoms with Gasteiger partial charge in [-0.15, -0.1) is 0 Å². The molecule has 0 spiro atoms. The van der Waals surface area contributed by atoms with Crippen molar-refractivity contribution in [1.82, 2.24) is 19.9 Å². The second kappa shape index (κ2) is 17.5. The zero-order chi connectivity index (χ0) is 35.4. The molecule has 6 rings (SSSR count). The van der Waals surface area contributed by atoms with E-state index in [1.165, 1.54) is 11.1 Å². The standard InChI is InChI=1S/C44H46N4O3/c1-5-7-9-31-11-15-35(16-12-31)43(41-29-45-39(27-47-41)33-19-23-37(49-3)24-20-33)51-44(36-17-13-32(14-18-36)10-8-6-2)42-30-46-40(28-48-42)34-21-25-38(50-4)26-22-34/h11-30,43-44H,5-10H2,1-4H3. The molecular formula is C44H46N4O3. The van der Waals surface area contributed by atoms with Crippen LogP contribution in [-0.2, 0) is 17.6 Å². The molecule has 51 heavy (non-hydrogen) atoms. The number of rotatable bonds is 16. The largest absolute Gasteiger partial charge is 0.497 e. The molecule has 0 saturated heterocycles. The zero-order valence-corrected chi connectivity index (χ0v) is 30.0. The highest BCUT2D eigenvalue weighted by Crippen LogP contribution is 2.36. The van der Waals surface area contributed by atoms with Gasteiger partial charge in [-0.3, -0.25) is 19.9 Å². The SMILES string of the molecule is CCCCc1ccc(C(OC(c2ccc(CCCC)cc2)c2cnc(-c3ccc(OC)cc3)cn2)c2cnc(-c3ccc(OC)cc3)cn2)cc1. The van der Waals surface area contributed by atoms with Crippen LogP contribution in [0.4, 0.5) is 0 Å². The summed E-state index contributed by atoms with van der Waals surface area (Å²) in [4.78, 5) is 19.6. The van der Waals surface area contributed by atoms with Gasteiger partial charge in [0.2, 0.25) is 0 Å². The minimum Gasteiger partial charge on any atom is -0.497 e. The number of aryl methyl sites for hydroxylation is 2. The summed E-state index contributed by atoms with van der Waals surface area (Å²) in [5.74, 6) is 1.59. The van der Waals surface area contributed by atoms with Crippen molar-refractivity contribution in [3.63, 3.8) is 0 Å². The fourth-order valence-electron chi connectivity index (χ4n) is 6.02. The molecule has 260 valence electrons. The molecule has 4 aromatic carbocycles. The molecule has 7 nitrogen and oxygen atoms in total. The van der Waals surface area contributed by atoms with Crippen LogP contribution in [0.25, 0.3) is 22.5 Å². The van der Waals surface area contributed by atoms with Crippen LogP contribution in [0.5, 0.6) is 11.5 Å². The molecule has 6 aromatic rings. The van der Waals surface area contributed by atoms with Gasteiger partial charge in [-0.2, -0.15) is 0 Å². The van der Waals surface area contributed by atoms with Crippen molar-refractivity contribution >= 4 is 0 Å². The lowest BCUT2D eigenvalue weighted by Gasteiger charge is -2.25. The quantitative estimate of drug-likeness (QED) is 0.101. The Morgan fingerprint density at radius 1 is 0.471 bits per heavy atom. The Hall–Kier alpha value is -5.40. The highest BCUT2D eigenvalue weighted by atomic mass is 16.5. The predicted octanol–water partition coefficient (Wildman–Crippen LogP) is 10.2. The van der Waals surface area contributed by atoms with Crippen LogP contribution in [0.2, 0.25) is 0 Å². The second-order valence-electron chi connectivity index (χ2n) is 12.7. The highest BCUT2D eigenvalue weighted by molar-refractivity contribution is 5.60. The van der Waals surface area contributed by atoms with Crippen molar-refractivity contribution in [1.29, 1.82) is 0 Å². The lowest BCUT2D eigenvalue weighted by Crippen LogP contribution is -2.16. The third kappa shape index (κ3) is 9.04. The summed E-state index contributed by atoms with van der Waals surface area (Å²) in [5.41, 5.74) is 9.48. The number of hydrogen-bond acceptors (Lipinski definition) is 7. The molecule has 0 bridgehead atoms. The number of hydrogen-bond donors (Lipinski definition) is 0. The molecular weight excluding hydrogens is 633 g/mol. The second-order valence-corrected chi connectivity index (χ2v) is 12.7. The smallest absolute Gasteiger partial charge is 0.127 e. The van der Waals surface area contributed by atoms with E-state index in [2.05, 4.69) is 62.4 Å². The Morgan fingerprint density at radius 2 is 0.863 bits per heavy atom. The molecule has 0 aliphatic heterocycles. The minimum absolute atomic E-state index is 0.518. The third-order valence-corrected chi connectivity index (χ3v) is 9.13. The third-order valence-electron chi connectivity index (χ3n) is 9.13. The summed E-state index contributed by atoms with van der Waals surface area (Å²) in [7, 11) is 3.32. The Bertz CT molecular complexity index is 1780. The van der Waals surface area contributed by atoms with Gasteiger partial charge in [-0.1, -0.05) is 75.2 Å². The average molecular weight is 679 g/mol. The van der Waals surface area contributed by atoms with E-state index in [0.29, 0.717) is 11.4 Å². The highest BCUT2D eigenvalue weighted by Gasteiger charge is 2.26. The molecule has 0 N–H and O–H groups in total. The zero-order valence-electron chi connectivity index (χ0n) is 30.0. The molecule has 2 atom stereocenters. The Balaban J connectivity index is 1.37. The van der Waals surface area contributed by atoms with Gasteiger partial charge in [0.1, 0.15) is 23.7 Å². The minimum atomic E-state index is -0.518. The number of benzene rings is 4. The van der Waals surface area contributed by atoms with Crippen LogP contribution >= 0.6 is 0 Å². The summed E-state index contributed by atoms with van der Waals surface area (Å²) in [6.07, 6.45) is 12.9. The van der Waals surface area contributed by atoms with Crippen molar-refractivity contribution in [3.8, 4) is 34.0 Å². The Labute approximate surface area is 301 Å². The molecule has 2 aromatic heterocycles. The van der Waals surface area contributed by atoms with E-state index < -0.39 is 12.2 Å². The van der Waals surface area contributed by atoms with Crippen molar-refractivity contribution < 1.29 is 14.2 Å². The maximum Gasteiger partial charge on any atom is 0.127 e. The number of aromatic nitrogens is 4. The van der Waals surface area contributed by atoms with E-state index >= 15 is 0 Å². The lowest BCUT2D eigenvalue weighted by atomic mass is 9.99. The van der Waals surface area contributed by atoms with Crippen LogP contribution in [0.15, 0.2) is 122 Å². The van der Waals surface area contributed by atoms with Gasteiger partial charge < -0.3 is 14.2 Å². The molecule has 2 unspecified atom stereocenters. The molecule has 0 fully saturated rings. The maximum atomic E-state index is 7.15. The first-order valence-corrected chi connectivity index (χ1v) is 17.8. The maximum absolute atomic E-state index is 7.15. The summed E-state index contributed by atoms with van der Waals surface area (Å²) in [6, 6.07) is 33.0. The summed E-state index contributed by atoms with van der Waals surface area (Å²) < 4.78 is 17.8. The lowest BCUT2D eigenvalue weighted by molar-refractivity contribution is 0.0258. The number of methoxy groups -OCH3 is 2. The summed E-state index contributed by atoms with van der Waals surface area (Å²) in [6.45, 7) is 4.44. The first kappa shape index (κ1) is 35.4. The predicted molar refractivity (Wildman–Crippen MR) is 203 cm³/mol. The van der Waals surface area contributed by atoms with E-state index in [1.807, 2.05) is 73.3 Å². The monoisotopic (exact) mass is 678 g/mol. The number of unbranched alkanes of at least 4 members (excludes halogenated alkanes) is 2. The molecule has 2 heterocycles. The van der Waals surface area contributed by atoms with E-state index in [4.69, 9.17) is 34.1 Å². The topological polar surface area (TPSA) is 79.2 Å². The number of nitrogens with zero attached hydrogens (tertiary/aromatic N) is 4. The van der Waals surface area contributed by atoms with Gasteiger partial charge >= 0.3 is 0 Å². The van der Waals surface area contributed by atoms with E-state index in [-0.39, 0.29) is 0 Å². The Morgan fingerprint density at radius 3 is 1.18 bits per heavy atom. The van der Waals surface area contributed by atoms with Crippen molar-refractivity contribution in [2.45, 2.75) is 64.6 Å². The molecule has 7 heteroatoms. The van der Waals surface area contributed by atoms with Gasteiger partial charge in [-0.05, 0) is 96.5 Å². The fourth-order valence-corrected chi connectivity index (χ4v) is 6.02. The van der Waals surface area contributed by atoms with Crippen LogP contribution < -0.4 is 9.47 Å². The van der Waals surface area contributed by atoms with Gasteiger partial charge in [0.25, 0.3) is 0 Å². The van der Waals surface area contributed by atoms with Crippen LogP contribution in [0, 0.1) is 0 Å².